The zero-order valence-corrected chi connectivity index (χ0v) is 7.26. The average molecular weight is 296 g/mol. The van der Waals surface area contributed by atoms with Gasteiger partial charge >= 0.3 is 26.8 Å². The summed E-state index contributed by atoms with van der Waals surface area (Å²) in [5, 5.41) is -8.48. The van der Waals surface area contributed by atoms with Crippen molar-refractivity contribution in [2.24, 2.45) is 0 Å². The summed E-state index contributed by atoms with van der Waals surface area (Å²) in [6.07, 6.45) is -7.74. The number of hydrogen-bond acceptors (Lipinski definition) is 0. The van der Waals surface area contributed by atoms with Crippen LogP contribution in [0.4, 0.5) is 50.7 Å². The van der Waals surface area contributed by atoms with E-state index in [4.69, 9.17) is 0 Å². The molecule has 0 aromatic carbocycles. The predicted molar refractivity (Wildman–Crippen MR) is 29.1 cm³/mol. The molecule has 13 heteroatoms. The van der Waals surface area contributed by atoms with Crippen molar-refractivity contribution < 1.29 is 50.7 Å². The highest BCUT2D eigenvalue weighted by Gasteiger charge is 3.02. The van der Waals surface area contributed by atoms with E-state index in [2.05, 4.69) is 0 Å². The van der Waals surface area contributed by atoms with Gasteiger partial charge in [0.05, 0.1) is 0 Å². The molecule has 0 nitrogen and oxygen atoms in total. The lowest BCUT2D eigenvalue weighted by Crippen LogP contribution is -2.54. The Hall–Kier alpha value is -0.490. The fourth-order valence-corrected chi connectivity index (χ4v) is 1.13. The molecule has 102 valence electrons. The quantitative estimate of drug-likeness (QED) is 0.592. The van der Waals surface area contributed by atoms with Crippen LogP contribution in [0.5, 0.6) is 0 Å². The van der Waals surface area contributed by atoms with E-state index in [0.29, 0.717) is 0 Å². The van der Waals surface area contributed by atoms with Crippen molar-refractivity contribution in [3.05, 3.63) is 0 Å². The van der Waals surface area contributed by atoms with Crippen LogP contribution in [0.2, 0.25) is 0 Å². The molecule has 0 fully saturated rings. The average Bonchev–Trinajstić information content (AvgIpc) is 1.77. The fourth-order valence-electron chi connectivity index (χ4n) is 0.378. The van der Waals surface area contributed by atoms with Crippen LogP contribution < -0.4 is 0 Å². The van der Waals surface area contributed by atoms with E-state index in [0.717, 1.165) is 0 Å². The zero-order chi connectivity index (χ0) is 13.9. The maximum absolute atomic E-state index is 12.7. The first-order valence-corrected chi connectivity index (χ1v) is 4.84. The second-order valence-electron chi connectivity index (χ2n) is 2.53. The largest absolute Gasteiger partial charge is 0.512 e. The predicted octanol–water partition coefficient (Wildman–Crippen LogP) is 5.08. The summed E-state index contributed by atoms with van der Waals surface area (Å²) < 4.78 is 138. The Balaban J connectivity index is 6.26. The van der Waals surface area contributed by atoms with Crippen LogP contribution in [0, 0.1) is 0 Å². The smallest absolute Gasteiger partial charge is 0.177 e. The van der Waals surface area contributed by atoms with Gasteiger partial charge in [-0.1, -0.05) is 0 Å². The normalized spacial score (nSPS) is 20.2. The highest BCUT2D eigenvalue weighted by Crippen LogP contribution is 3.10. The van der Waals surface area contributed by atoms with E-state index < -0.39 is 26.8 Å². The van der Waals surface area contributed by atoms with Crippen LogP contribution in [0.1, 0.15) is 0 Å². The molecule has 0 rings (SSSR count). The molecule has 0 aromatic heterocycles. The molecule has 0 amide bonds. The van der Waals surface area contributed by atoms with Gasteiger partial charge in [0.1, 0.15) is 0 Å². The van der Waals surface area contributed by atoms with E-state index in [1.165, 1.54) is 0 Å². The second-order valence-corrected chi connectivity index (χ2v) is 5.64. The lowest BCUT2D eigenvalue weighted by molar-refractivity contribution is -0.258. The Labute approximate surface area is 78.6 Å². The Morgan fingerprint density at radius 2 is 0.812 bits per heavy atom. The van der Waals surface area contributed by atoms with Gasteiger partial charge in [-0.05, 0) is 0 Å². The van der Waals surface area contributed by atoms with Crippen LogP contribution in [0.15, 0.2) is 0 Å². The van der Waals surface area contributed by atoms with Gasteiger partial charge in [0.2, 0.25) is 0 Å². The van der Waals surface area contributed by atoms with Crippen LogP contribution in [0.25, 0.3) is 0 Å². The molecule has 0 unspecified atom stereocenters. The van der Waals surface area contributed by atoms with E-state index in [1.807, 2.05) is 0 Å². The first kappa shape index (κ1) is 15.5. The summed E-state index contributed by atoms with van der Waals surface area (Å²) >= 11 is 0. The number of halogens is 12. The van der Waals surface area contributed by atoms with Gasteiger partial charge in [0, 0.05) is 0 Å². The molecule has 0 aliphatic carbocycles. The highest BCUT2D eigenvalue weighted by molar-refractivity contribution is 8.51. The standard InChI is InChI=1S/C3F12S/c4-1(5,6)2(7,8)16(12,13,14,15)3(9,10)11. The van der Waals surface area contributed by atoms with Crippen molar-refractivity contribution in [2.45, 2.75) is 16.9 Å². The molecular formula is C3F12S. The third-order valence-electron chi connectivity index (χ3n) is 1.31. The van der Waals surface area contributed by atoms with Crippen LogP contribution >= 0.6 is 9.84 Å². The Kier molecular flexibility index (Phi) is 2.43. The van der Waals surface area contributed by atoms with Crippen LogP contribution in [-0.4, -0.2) is 16.9 Å². The molecule has 0 spiro atoms. The van der Waals surface area contributed by atoms with Crippen molar-refractivity contribution in [1.29, 1.82) is 0 Å². The molecule has 0 aromatic rings. The molecule has 0 N–H and O–H groups in total. The number of rotatable bonds is 1. The third kappa shape index (κ3) is 1.43. The van der Waals surface area contributed by atoms with Gasteiger partial charge in [-0.2, -0.15) is 35.1 Å². The Morgan fingerprint density at radius 1 is 0.562 bits per heavy atom. The van der Waals surface area contributed by atoms with Gasteiger partial charge in [0.15, 0.2) is 0 Å². The maximum atomic E-state index is 11.8. The Morgan fingerprint density at radius 3 is 0.875 bits per heavy atom. The monoisotopic (exact) mass is 296 g/mol. The lowest BCUT2D eigenvalue weighted by atomic mass is 10.7. The third-order valence-corrected chi connectivity index (χ3v) is 3.51. The van der Waals surface area contributed by atoms with Crippen molar-refractivity contribution in [2.75, 3.05) is 0 Å². The molecule has 0 saturated carbocycles. The van der Waals surface area contributed by atoms with Crippen molar-refractivity contribution >= 4 is 9.84 Å². The second kappa shape index (κ2) is 2.51. The summed E-state index contributed by atoms with van der Waals surface area (Å²) in [5.41, 5.74) is -8.31. The minimum Gasteiger partial charge on any atom is -0.177 e. The number of alkyl halides is 8. The minimum atomic E-state index is -12.7. The van der Waals surface area contributed by atoms with Gasteiger partial charge in [-0.3, -0.25) is 0 Å². The fraction of sp³-hybridized carbons (Fsp3) is 1.00. The first-order valence-electron chi connectivity index (χ1n) is 2.79. The molecule has 0 bridgehead atoms. The zero-order valence-electron chi connectivity index (χ0n) is 6.44. The van der Waals surface area contributed by atoms with Gasteiger partial charge < -0.3 is 0 Å². The SMILES string of the molecule is FC(F)(F)C(F)(F)S(F)(F)(F)(F)C(F)(F)F. The summed E-state index contributed by atoms with van der Waals surface area (Å²) in [5.74, 6) is 0. The van der Waals surface area contributed by atoms with Crippen molar-refractivity contribution in [3.8, 4) is 0 Å². The molecule has 16 heavy (non-hydrogen) atoms. The van der Waals surface area contributed by atoms with Crippen molar-refractivity contribution in [1.82, 2.24) is 0 Å². The van der Waals surface area contributed by atoms with Gasteiger partial charge in [0.25, 0.3) is 0 Å². The first-order chi connectivity index (χ1) is 6.29. The topological polar surface area (TPSA) is 0 Å². The van der Waals surface area contributed by atoms with Gasteiger partial charge in [-0.25, -0.2) is 0 Å². The van der Waals surface area contributed by atoms with E-state index in [-0.39, 0.29) is 0 Å². The molecule has 0 heterocycles. The molecule has 0 saturated heterocycles. The summed E-state index contributed by atoms with van der Waals surface area (Å²) in [6, 6.07) is 0. The van der Waals surface area contributed by atoms with E-state index >= 15 is 0 Å². The summed E-state index contributed by atoms with van der Waals surface area (Å²) in [6.45, 7) is 0. The summed E-state index contributed by atoms with van der Waals surface area (Å²) in [4.78, 5) is 0. The molecule has 0 aliphatic heterocycles. The Bertz CT molecular complexity index is 295. The minimum absolute atomic E-state index is 7.74. The maximum Gasteiger partial charge on any atom is 0.512 e. The molecular weight excluding hydrogens is 296 g/mol. The van der Waals surface area contributed by atoms with Crippen molar-refractivity contribution in [3.63, 3.8) is 0 Å². The lowest BCUT2D eigenvalue weighted by Gasteiger charge is -2.53. The highest BCUT2D eigenvalue weighted by atomic mass is 32.5. The van der Waals surface area contributed by atoms with Crippen LogP contribution in [-0.2, 0) is 0 Å². The molecule has 0 atom stereocenters. The van der Waals surface area contributed by atoms with Crippen LogP contribution in [0.3, 0.4) is 0 Å². The molecule has 0 radical (unpaired) electrons. The van der Waals surface area contributed by atoms with E-state index in [1.54, 1.807) is 0 Å². The number of hydrogen-bond donors (Lipinski definition) is 0. The van der Waals surface area contributed by atoms with E-state index in [9.17, 15) is 50.7 Å². The molecule has 0 aliphatic rings. The van der Waals surface area contributed by atoms with Gasteiger partial charge in [-0.15, -0.1) is 15.5 Å². The summed E-state index contributed by atoms with van der Waals surface area (Å²) in [7, 11) is -12.7.